The minimum Gasteiger partial charge on any atom is -0.496 e. The van der Waals surface area contributed by atoms with E-state index in [-0.39, 0.29) is 17.3 Å². The molecule has 1 amide bonds. The Bertz CT molecular complexity index is 1530. The van der Waals surface area contributed by atoms with Crippen molar-refractivity contribution in [3.05, 3.63) is 45.7 Å². The maximum atomic E-state index is 13.0. The third kappa shape index (κ3) is 6.57. The van der Waals surface area contributed by atoms with E-state index >= 15 is 0 Å². The van der Waals surface area contributed by atoms with Crippen LogP contribution in [0.15, 0.2) is 37.3 Å². The summed E-state index contributed by atoms with van der Waals surface area (Å²) in [4.78, 5) is 17.5. The molecule has 0 radical (unpaired) electrons. The van der Waals surface area contributed by atoms with E-state index < -0.39 is 5.91 Å². The molecule has 0 aliphatic carbocycles. The average molecular weight is 604 g/mol. The smallest absolute Gasteiger partial charge is 0.293 e. The molecule has 14 nitrogen and oxygen atoms in total. The molecule has 0 saturated heterocycles. The van der Waals surface area contributed by atoms with Crippen molar-refractivity contribution in [1.29, 1.82) is 0 Å². The Labute approximate surface area is 238 Å². The highest BCUT2D eigenvalue weighted by Gasteiger charge is 2.25. The SMILES string of the molecule is COc1ccc(/C=N/NC(=O)c2nnn(-c3nonc3N)c2CSC2=NCCS2)cc1CSc1nnc(C)s1. The molecular formula is C21H21N11O3S4. The zero-order chi connectivity index (χ0) is 27.2. The van der Waals surface area contributed by atoms with E-state index in [0.717, 1.165) is 42.9 Å². The number of carbonyl (C=O) groups is 1. The highest BCUT2D eigenvalue weighted by atomic mass is 32.2. The van der Waals surface area contributed by atoms with E-state index in [4.69, 9.17) is 15.1 Å². The van der Waals surface area contributed by atoms with Crippen LogP contribution in [0.2, 0.25) is 0 Å². The zero-order valence-corrected chi connectivity index (χ0v) is 23.9. The van der Waals surface area contributed by atoms with Crippen LogP contribution in [0.25, 0.3) is 5.82 Å². The van der Waals surface area contributed by atoms with Gasteiger partial charge in [0.05, 0.1) is 25.6 Å². The van der Waals surface area contributed by atoms with E-state index in [2.05, 4.69) is 46.3 Å². The quantitative estimate of drug-likeness (QED) is 0.153. The van der Waals surface area contributed by atoms with Gasteiger partial charge in [-0.15, -0.1) is 15.3 Å². The van der Waals surface area contributed by atoms with Crippen molar-refractivity contribution in [3.63, 3.8) is 0 Å². The summed E-state index contributed by atoms with van der Waals surface area (Å²) in [6.07, 6.45) is 1.54. The number of hydrogen-bond donors (Lipinski definition) is 2. The molecule has 0 fully saturated rings. The summed E-state index contributed by atoms with van der Waals surface area (Å²) in [6.45, 7) is 2.68. The molecule has 5 rings (SSSR count). The molecule has 39 heavy (non-hydrogen) atoms. The second-order valence-corrected chi connectivity index (χ2v) is 12.4. The fourth-order valence-electron chi connectivity index (χ4n) is 3.33. The molecule has 3 N–H and O–H groups in total. The average Bonchev–Trinajstić information content (AvgIpc) is 3.74. The van der Waals surface area contributed by atoms with Crippen LogP contribution < -0.4 is 15.9 Å². The number of aryl methyl sites for hydroxylation is 1. The van der Waals surface area contributed by atoms with Crippen LogP contribution in [0.3, 0.4) is 0 Å². The summed E-state index contributed by atoms with van der Waals surface area (Å²) in [5, 5.41) is 28.7. The van der Waals surface area contributed by atoms with Gasteiger partial charge in [0, 0.05) is 22.8 Å². The van der Waals surface area contributed by atoms with E-state index in [1.54, 1.807) is 36.8 Å². The Morgan fingerprint density at radius 2 is 2.18 bits per heavy atom. The van der Waals surface area contributed by atoms with Crippen LogP contribution in [-0.2, 0) is 11.5 Å². The standard InChI is InChI=1S/C21H21N11O3S4/c1-11-25-28-21(39-11)37-9-13-7-12(3-4-15(13)34-2)8-24-27-19(33)16-14(10-38-20-23-5-6-36-20)32(31-26-16)18-17(22)29-35-30-18/h3-4,7-8H,5-6,9-10H2,1-2H3,(H2,22,29)(H,27,33)/b24-8+. The van der Waals surface area contributed by atoms with Gasteiger partial charge in [-0.2, -0.15) is 9.78 Å². The van der Waals surface area contributed by atoms with Gasteiger partial charge >= 0.3 is 0 Å². The number of nitrogens with zero attached hydrogens (tertiary/aromatic N) is 9. The van der Waals surface area contributed by atoms with Gasteiger partial charge in [0.15, 0.2) is 10.0 Å². The van der Waals surface area contributed by atoms with E-state index in [1.807, 2.05) is 25.1 Å². The molecule has 202 valence electrons. The van der Waals surface area contributed by atoms with Gasteiger partial charge < -0.3 is 10.5 Å². The molecule has 1 aromatic carbocycles. The van der Waals surface area contributed by atoms with Gasteiger partial charge in [-0.1, -0.05) is 51.8 Å². The first-order valence-electron chi connectivity index (χ1n) is 11.3. The molecule has 4 aromatic rings. The molecule has 1 aliphatic heterocycles. The lowest BCUT2D eigenvalue weighted by atomic mass is 10.1. The summed E-state index contributed by atoms with van der Waals surface area (Å²) in [7, 11) is 1.62. The molecule has 3 aromatic heterocycles. The molecule has 0 saturated carbocycles. The molecular weight excluding hydrogens is 583 g/mol. The Kier molecular flexibility index (Phi) is 8.74. The van der Waals surface area contributed by atoms with Crippen molar-refractivity contribution < 1.29 is 14.2 Å². The van der Waals surface area contributed by atoms with E-state index in [1.165, 1.54) is 27.8 Å². The Morgan fingerprint density at radius 3 is 2.90 bits per heavy atom. The van der Waals surface area contributed by atoms with Gasteiger partial charge in [-0.25, -0.2) is 10.1 Å². The lowest BCUT2D eigenvalue weighted by molar-refractivity contribution is 0.0949. The van der Waals surface area contributed by atoms with E-state index in [0.29, 0.717) is 17.2 Å². The fourth-order valence-corrected chi connectivity index (χ4v) is 7.13. The number of benzene rings is 1. The van der Waals surface area contributed by atoms with Crippen LogP contribution in [-0.4, -0.2) is 71.4 Å². The number of nitrogen functional groups attached to an aromatic ring is 1. The van der Waals surface area contributed by atoms with Crippen LogP contribution in [0.4, 0.5) is 5.82 Å². The van der Waals surface area contributed by atoms with Gasteiger partial charge in [-0.3, -0.25) is 9.79 Å². The first-order chi connectivity index (χ1) is 19.0. The molecule has 0 bridgehead atoms. The largest absolute Gasteiger partial charge is 0.496 e. The number of ether oxygens (including phenoxy) is 1. The number of thioether (sulfide) groups is 3. The normalized spacial score (nSPS) is 13.2. The number of anilines is 1. The highest BCUT2D eigenvalue weighted by Crippen LogP contribution is 2.30. The summed E-state index contributed by atoms with van der Waals surface area (Å²) in [5.74, 6) is 2.29. The van der Waals surface area contributed by atoms with Crippen molar-refractivity contribution in [2.24, 2.45) is 10.1 Å². The molecule has 1 aliphatic rings. The van der Waals surface area contributed by atoms with Crippen molar-refractivity contribution in [2.75, 3.05) is 25.1 Å². The molecule has 0 spiro atoms. The summed E-state index contributed by atoms with van der Waals surface area (Å²) < 4.78 is 13.3. The first-order valence-corrected chi connectivity index (χ1v) is 15.1. The number of hydrazone groups is 1. The maximum Gasteiger partial charge on any atom is 0.293 e. The number of aromatic nitrogens is 7. The van der Waals surface area contributed by atoms with Crippen molar-refractivity contribution in [2.45, 2.75) is 22.8 Å². The summed E-state index contributed by atoms with van der Waals surface area (Å²) in [6, 6.07) is 5.63. The number of hydrogen-bond acceptors (Lipinski definition) is 16. The highest BCUT2D eigenvalue weighted by molar-refractivity contribution is 8.38. The van der Waals surface area contributed by atoms with Crippen LogP contribution in [0.5, 0.6) is 5.75 Å². The monoisotopic (exact) mass is 603 g/mol. The number of methoxy groups -OCH3 is 1. The molecule has 4 heterocycles. The maximum absolute atomic E-state index is 13.0. The minimum atomic E-state index is -0.542. The Hall–Kier alpha value is -3.48. The van der Waals surface area contributed by atoms with Crippen molar-refractivity contribution in [3.8, 4) is 11.6 Å². The van der Waals surface area contributed by atoms with Crippen molar-refractivity contribution >= 4 is 68.9 Å². The number of carbonyl (C=O) groups excluding carboxylic acids is 1. The summed E-state index contributed by atoms with van der Waals surface area (Å²) in [5.41, 5.74) is 10.6. The number of rotatable bonds is 10. The van der Waals surface area contributed by atoms with E-state index in [9.17, 15) is 4.79 Å². The fraction of sp³-hybridized carbons (Fsp3) is 0.286. The second kappa shape index (κ2) is 12.6. The molecule has 0 atom stereocenters. The number of aliphatic imine (C=N–C) groups is 1. The Morgan fingerprint density at radius 1 is 1.28 bits per heavy atom. The van der Waals surface area contributed by atoms with Crippen LogP contribution in [0, 0.1) is 6.92 Å². The molecule has 18 heteroatoms. The van der Waals surface area contributed by atoms with Gasteiger partial charge in [0.25, 0.3) is 5.91 Å². The molecule has 0 unspecified atom stereocenters. The minimum absolute atomic E-state index is 0.0263. The summed E-state index contributed by atoms with van der Waals surface area (Å²) >= 11 is 6.24. The predicted molar refractivity (Wildman–Crippen MR) is 152 cm³/mol. The lowest BCUT2D eigenvalue weighted by Gasteiger charge is -2.08. The van der Waals surface area contributed by atoms with Crippen LogP contribution in [0.1, 0.15) is 32.3 Å². The second-order valence-electron chi connectivity index (χ2n) is 7.70. The van der Waals surface area contributed by atoms with Gasteiger partial charge in [0.2, 0.25) is 11.6 Å². The number of amides is 1. The Balaban J connectivity index is 1.30. The number of nitrogens with two attached hydrogens (primary N) is 1. The van der Waals surface area contributed by atoms with Crippen molar-refractivity contribution in [1.82, 2.24) is 40.9 Å². The van der Waals surface area contributed by atoms with Gasteiger partial charge in [-0.05, 0) is 41.0 Å². The number of nitrogens with one attached hydrogen (secondary N) is 1. The first kappa shape index (κ1) is 27.1. The van der Waals surface area contributed by atoms with Gasteiger partial charge in [0.1, 0.15) is 15.1 Å². The predicted octanol–water partition coefficient (Wildman–Crippen LogP) is 2.79. The topological polar surface area (TPSA) is 184 Å². The zero-order valence-electron chi connectivity index (χ0n) is 20.6. The lowest BCUT2D eigenvalue weighted by Crippen LogP contribution is -2.20. The third-order valence-corrected chi connectivity index (χ3v) is 9.39. The third-order valence-electron chi connectivity index (χ3n) is 5.11. The van der Waals surface area contributed by atoms with Crippen LogP contribution >= 0.6 is 46.6 Å².